The Morgan fingerprint density at radius 1 is 1.09 bits per heavy atom. The molecule has 2 N–H and O–H groups in total. The largest absolute Gasteiger partial charge is 0.496 e. The molecule has 4 rings (SSSR count). The van der Waals surface area contributed by atoms with Crippen LogP contribution >= 0.6 is 0 Å². The Hall–Kier alpha value is -4.01. The first-order valence-electron chi connectivity index (χ1n) is 11.1. The molecular formula is C25H26FN5O3. The van der Waals surface area contributed by atoms with Gasteiger partial charge in [-0.25, -0.2) is 4.39 Å². The first kappa shape index (κ1) is 23.2. The van der Waals surface area contributed by atoms with E-state index in [4.69, 9.17) is 4.74 Å². The van der Waals surface area contributed by atoms with Crippen LogP contribution in [0.1, 0.15) is 46.2 Å². The van der Waals surface area contributed by atoms with E-state index in [1.165, 1.54) is 26.2 Å². The van der Waals surface area contributed by atoms with Crippen molar-refractivity contribution in [3.8, 4) is 5.75 Å². The molecule has 3 aromatic rings. The minimum atomic E-state index is -0.332. The van der Waals surface area contributed by atoms with Crippen molar-refractivity contribution in [1.29, 1.82) is 0 Å². The first-order chi connectivity index (χ1) is 16.4. The lowest BCUT2D eigenvalue weighted by Gasteiger charge is -2.18. The molecule has 1 saturated heterocycles. The summed E-state index contributed by atoms with van der Waals surface area (Å²) in [5.41, 5.74) is 2.54. The average Bonchev–Trinajstić information content (AvgIpc) is 3.37. The average molecular weight is 464 g/mol. The van der Waals surface area contributed by atoms with Crippen LogP contribution in [0.3, 0.4) is 0 Å². The molecule has 0 aliphatic carbocycles. The summed E-state index contributed by atoms with van der Waals surface area (Å²) in [7, 11) is 1.52. The molecule has 1 aliphatic heterocycles. The van der Waals surface area contributed by atoms with Crippen molar-refractivity contribution in [1.82, 2.24) is 15.1 Å². The predicted molar refractivity (Wildman–Crippen MR) is 127 cm³/mol. The number of methoxy groups -OCH3 is 1. The highest BCUT2D eigenvalue weighted by Crippen LogP contribution is 2.28. The molecule has 176 valence electrons. The highest BCUT2D eigenvalue weighted by molar-refractivity contribution is 5.98. The molecule has 1 fully saturated rings. The number of hydrogen-bond donors (Lipinski definition) is 2. The SMILES string of the molecule is COc1cc(Nc2cc(NCc3cccc(F)c3)c(C(C)=O)nn2)ccc1C(=O)N1CCCC1. The molecule has 2 aromatic carbocycles. The topological polar surface area (TPSA) is 96.5 Å². The molecule has 0 spiro atoms. The standard InChI is InChI=1S/C25H26FN5O3/c1-16(32)24-21(27-15-17-6-5-7-18(26)12-17)14-23(29-30-24)28-19-8-9-20(22(13-19)34-2)25(33)31-10-3-4-11-31/h5-9,12-14H,3-4,10-11,15H2,1-2H3,(H2,27,28,29). The number of aromatic nitrogens is 2. The Bertz CT molecular complexity index is 1210. The fourth-order valence-electron chi connectivity index (χ4n) is 3.88. The van der Waals surface area contributed by atoms with Gasteiger partial charge in [0.05, 0.1) is 18.4 Å². The van der Waals surface area contributed by atoms with E-state index in [1.54, 1.807) is 36.4 Å². The van der Waals surface area contributed by atoms with Crippen LogP contribution < -0.4 is 15.4 Å². The van der Waals surface area contributed by atoms with Gasteiger partial charge in [-0.05, 0) is 42.7 Å². The van der Waals surface area contributed by atoms with Gasteiger partial charge in [-0.15, -0.1) is 10.2 Å². The molecule has 8 nitrogen and oxygen atoms in total. The van der Waals surface area contributed by atoms with Gasteiger partial charge in [-0.2, -0.15) is 0 Å². The van der Waals surface area contributed by atoms with Crippen LogP contribution in [0.4, 0.5) is 21.6 Å². The first-order valence-corrected chi connectivity index (χ1v) is 11.1. The molecule has 1 aliphatic rings. The van der Waals surface area contributed by atoms with Crippen LogP contribution in [0.25, 0.3) is 0 Å². The second-order valence-corrected chi connectivity index (χ2v) is 8.07. The molecule has 2 heterocycles. The third-order valence-corrected chi connectivity index (χ3v) is 5.60. The van der Waals surface area contributed by atoms with E-state index in [0.29, 0.717) is 35.1 Å². The maximum atomic E-state index is 13.5. The molecule has 9 heteroatoms. The van der Waals surface area contributed by atoms with Gasteiger partial charge in [0.15, 0.2) is 17.3 Å². The van der Waals surface area contributed by atoms with Gasteiger partial charge in [-0.1, -0.05) is 12.1 Å². The Morgan fingerprint density at radius 3 is 2.59 bits per heavy atom. The maximum Gasteiger partial charge on any atom is 0.257 e. The van der Waals surface area contributed by atoms with Crippen molar-refractivity contribution in [2.45, 2.75) is 26.3 Å². The van der Waals surface area contributed by atoms with Crippen molar-refractivity contribution in [3.63, 3.8) is 0 Å². The third kappa shape index (κ3) is 5.31. The Balaban J connectivity index is 1.54. The third-order valence-electron chi connectivity index (χ3n) is 5.60. The highest BCUT2D eigenvalue weighted by Gasteiger charge is 2.22. The number of halogens is 1. The van der Waals surface area contributed by atoms with E-state index in [1.807, 2.05) is 4.90 Å². The number of ketones is 1. The molecule has 0 bridgehead atoms. The van der Waals surface area contributed by atoms with E-state index in [9.17, 15) is 14.0 Å². The van der Waals surface area contributed by atoms with Crippen LogP contribution in [0.5, 0.6) is 5.75 Å². The van der Waals surface area contributed by atoms with Crippen molar-refractivity contribution < 1.29 is 18.7 Å². The van der Waals surface area contributed by atoms with Gasteiger partial charge in [-0.3, -0.25) is 9.59 Å². The fourth-order valence-corrected chi connectivity index (χ4v) is 3.88. The number of anilines is 3. The number of carbonyl (C=O) groups is 2. The molecular weight excluding hydrogens is 437 g/mol. The minimum Gasteiger partial charge on any atom is -0.496 e. The summed E-state index contributed by atoms with van der Waals surface area (Å²) in [6, 6.07) is 13.1. The zero-order chi connectivity index (χ0) is 24.1. The Kier molecular flexibility index (Phi) is 7.01. The number of Topliss-reactive ketones (excluding diaryl/α,β-unsaturated/α-hetero) is 1. The van der Waals surface area contributed by atoms with Gasteiger partial charge in [0.2, 0.25) is 0 Å². The van der Waals surface area contributed by atoms with Crippen molar-refractivity contribution in [2.75, 3.05) is 30.8 Å². The summed E-state index contributed by atoms with van der Waals surface area (Å²) in [6.07, 6.45) is 2.02. The summed E-state index contributed by atoms with van der Waals surface area (Å²) in [5.74, 6) is 0.233. The lowest BCUT2D eigenvalue weighted by Crippen LogP contribution is -2.27. The number of amides is 1. The highest BCUT2D eigenvalue weighted by atomic mass is 19.1. The number of carbonyl (C=O) groups excluding carboxylic acids is 2. The minimum absolute atomic E-state index is 0.0460. The summed E-state index contributed by atoms with van der Waals surface area (Å²) in [4.78, 5) is 26.6. The smallest absolute Gasteiger partial charge is 0.257 e. The van der Waals surface area contributed by atoms with Crippen LogP contribution in [-0.2, 0) is 6.54 Å². The number of nitrogens with zero attached hydrogens (tertiary/aromatic N) is 3. The second kappa shape index (κ2) is 10.3. The number of rotatable bonds is 8. The molecule has 0 atom stereocenters. The number of ether oxygens (including phenoxy) is 1. The van der Waals surface area contributed by atoms with E-state index in [2.05, 4.69) is 20.8 Å². The Labute approximate surface area is 197 Å². The predicted octanol–water partition coefficient (Wildman–Crippen LogP) is 4.42. The monoisotopic (exact) mass is 463 g/mol. The van der Waals surface area contributed by atoms with Crippen molar-refractivity contribution in [2.24, 2.45) is 0 Å². The molecule has 1 amide bonds. The lowest BCUT2D eigenvalue weighted by molar-refractivity contribution is 0.0789. The van der Waals surface area contributed by atoms with Gasteiger partial charge < -0.3 is 20.3 Å². The number of likely N-dealkylation sites (tertiary alicyclic amines) is 1. The maximum absolute atomic E-state index is 13.5. The number of benzene rings is 2. The zero-order valence-electron chi connectivity index (χ0n) is 19.1. The van der Waals surface area contributed by atoms with E-state index in [-0.39, 0.29) is 23.2 Å². The summed E-state index contributed by atoms with van der Waals surface area (Å²) in [6.45, 7) is 3.23. The number of nitrogens with one attached hydrogen (secondary N) is 2. The van der Waals surface area contributed by atoms with Crippen molar-refractivity contribution in [3.05, 3.63) is 71.2 Å². The van der Waals surface area contributed by atoms with E-state index in [0.717, 1.165) is 31.5 Å². The summed E-state index contributed by atoms with van der Waals surface area (Å²) >= 11 is 0. The lowest BCUT2D eigenvalue weighted by atomic mass is 10.1. The van der Waals surface area contributed by atoms with Gasteiger partial charge in [0.25, 0.3) is 5.91 Å². The van der Waals surface area contributed by atoms with Crippen LogP contribution in [0.15, 0.2) is 48.5 Å². The summed E-state index contributed by atoms with van der Waals surface area (Å²) < 4.78 is 19.0. The number of hydrogen-bond acceptors (Lipinski definition) is 7. The van der Waals surface area contributed by atoms with Gasteiger partial charge in [0.1, 0.15) is 11.6 Å². The molecule has 1 aromatic heterocycles. The van der Waals surface area contributed by atoms with E-state index >= 15 is 0 Å². The zero-order valence-corrected chi connectivity index (χ0v) is 19.1. The summed E-state index contributed by atoms with van der Waals surface area (Å²) in [5, 5.41) is 14.4. The second-order valence-electron chi connectivity index (χ2n) is 8.07. The van der Waals surface area contributed by atoms with Gasteiger partial charge in [0, 0.05) is 44.4 Å². The van der Waals surface area contributed by atoms with Crippen LogP contribution in [-0.4, -0.2) is 47.0 Å². The van der Waals surface area contributed by atoms with Crippen LogP contribution in [0, 0.1) is 5.82 Å². The van der Waals surface area contributed by atoms with E-state index < -0.39 is 0 Å². The fraction of sp³-hybridized carbons (Fsp3) is 0.280. The Morgan fingerprint density at radius 2 is 1.88 bits per heavy atom. The van der Waals surface area contributed by atoms with Gasteiger partial charge >= 0.3 is 0 Å². The quantitative estimate of drug-likeness (QED) is 0.478. The molecule has 0 radical (unpaired) electrons. The molecule has 34 heavy (non-hydrogen) atoms. The van der Waals surface area contributed by atoms with Crippen molar-refractivity contribution >= 4 is 28.9 Å². The van der Waals surface area contributed by atoms with Crippen LogP contribution in [0.2, 0.25) is 0 Å². The normalized spacial score (nSPS) is 13.0. The molecule has 0 unspecified atom stereocenters. The molecule has 0 saturated carbocycles.